The summed E-state index contributed by atoms with van der Waals surface area (Å²) in [4.78, 5) is 11.7. The molecular weight excluding hydrogens is 298 g/mol. The first kappa shape index (κ1) is 16.4. The van der Waals surface area contributed by atoms with E-state index in [9.17, 15) is 5.11 Å². The van der Waals surface area contributed by atoms with E-state index >= 15 is 0 Å². The zero-order valence-electron chi connectivity index (χ0n) is 12.9. The van der Waals surface area contributed by atoms with Crippen molar-refractivity contribution >= 4 is 16.7 Å². The van der Waals surface area contributed by atoms with Gasteiger partial charge >= 0.3 is 0 Å². The molecule has 0 radical (unpaired) electrons. The number of β-amino-alcohol motifs (C(OH)–C–C–N with tert-alkyl or cyclic N) is 1. The van der Waals surface area contributed by atoms with Gasteiger partial charge in [-0.1, -0.05) is 49.9 Å². The molecule has 124 valence electrons. The molecule has 1 atom stereocenters. The largest absolute Gasteiger partial charge is 0.391 e. The minimum atomic E-state index is -0.280. The Hall–Kier alpha value is -2.46. The SMILES string of the molecule is C.OC1CCCN(c2nc(-c3ccccc3)nc3ccccc23)C1. The molecule has 2 heterocycles. The Kier molecular flexibility index (Phi) is 4.76. The fraction of sp³-hybridized carbons (Fsp3) is 0.300. The fourth-order valence-electron chi connectivity index (χ4n) is 3.16. The van der Waals surface area contributed by atoms with Crippen molar-refractivity contribution < 1.29 is 5.11 Å². The Balaban J connectivity index is 0.00000169. The number of aromatic nitrogens is 2. The molecule has 0 saturated carbocycles. The van der Waals surface area contributed by atoms with E-state index in [0.29, 0.717) is 6.54 Å². The maximum absolute atomic E-state index is 10.0. The lowest BCUT2D eigenvalue weighted by Crippen LogP contribution is -2.38. The summed E-state index contributed by atoms with van der Waals surface area (Å²) in [5, 5.41) is 11.1. The molecule has 1 saturated heterocycles. The molecule has 24 heavy (non-hydrogen) atoms. The van der Waals surface area contributed by atoms with E-state index in [4.69, 9.17) is 9.97 Å². The fourth-order valence-corrected chi connectivity index (χ4v) is 3.16. The number of hydrogen-bond acceptors (Lipinski definition) is 4. The van der Waals surface area contributed by atoms with Crippen LogP contribution in [0.1, 0.15) is 20.3 Å². The number of anilines is 1. The monoisotopic (exact) mass is 321 g/mol. The quantitative estimate of drug-likeness (QED) is 0.778. The molecule has 1 aliphatic rings. The number of benzene rings is 2. The lowest BCUT2D eigenvalue weighted by Gasteiger charge is -2.31. The summed E-state index contributed by atoms with van der Waals surface area (Å²) in [6.07, 6.45) is 1.57. The Morgan fingerprint density at radius 2 is 1.71 bits per heavy atom. The van der Waals surface area contributed by atoms with Crippen molar-refractivity contribution in [2.75, 3.05) is 18.0 Å². The summed E-state index contributed by atoms with van der Waals surface area (Å²) in [5.41, 5.74) is 1.95. The predicted molar refractivity (Wildman–Crippen MR) is 99.2 cm³/mol. The lowest BCUT2D eigenvalue weighted by molar-refractivity contribution is 0.154. The highest BCUT2D eigenvalue weighted by molar-refractivity contribution is 5.91. The van der Waals surface area contributed by atoms with Crippen molar-refractivity contribution in [3.05, 3.63) is 54.6 Å². The van der Waals surface area contributed by atoms with Crippen LogP contribution in [0.3, 0.4) is 0 Å². The van der Waals surface area contributed by atoms with Gasteiger partial charge in [-0.25, -0.2) is 9.97 Å². The average Bonchev–Trinajstić information content (AvgIpc) is 2.61. The van der Waals surface area contributed by atoms with Crippen LogP contribution in [0.25, 0.3) is 22.3 Å². The average molecular weight is 321 g/mol. The van der Waals surface area contributed by atoms with Gasteiger partial charge in [0.1, 0.15) is 5.82 Å². The maximum atomic E-state index is 10.0. The predicted octanol–water partition coefficient (Wildman–Crippen LogP) is 3.89. The molecule has 1 N–H and O–H groups in total. The normalized spacial score (nSPS) is 17.5. The van der Waals surface area contributed by atoms with Crippen molar-refractivity contribution in [1.82, 2.24) is 9.97 Å². The Labute approximate surface area is 142 Å². The van der Waals surface area contributed by atoms with Crippen LogP contribution in [0.2, 0.25) is 0 Å². The molecule has 3 aromatic rings. The minimum absolute atomic E-state index is 0. The third kappa shape index (κ3) is 3.10. The van der Waals surface area contributed by atoms with Crippen LogP contribution in [-0.2, 0) is 0 Å². The second-order valence-electron chi connectivity index (χ2n) is 6.00. The zero-order chi connectivity index (χ0) is 15.6. The molecule has 1 aliphatic heterocycles. The van der Waals surface area contributed by atoms with Gasteiger partial charge in [0.2, 0.25) is 0 Å². The lowest BCUT2D eigenvalue weighted by atomic mass is 10.1. The van der Waals surface area contributed by atoms with Gasteiger partial charge in [-0.05, 0) is 25.0 Å². The van der Waals surface area contributed by atoms with E-state index in [1.54, 1.807) is 0 Å². The minimum Gasteiger partial charge on any atom is -0.391 e. The van der Waals surface area contributed by atoms with Crippen LogP contribution in [-0.4, -0.2) is 34.3 Å². The van der Waals surface area contributed by atoms with Crippen molar-refractivity contribution in [1.29, 1.82) is 0 Å². The molecule has 4 heteroatoms. The van der Waals surface area contributed by atoms with E-state index in [-0.39, 0.29) is 13.5 Å². The van der Waals surface area contributed by atoms with Gasteiger partial charge in [0.15, 0.2) is 5.82 Å². The highest BCUT2D eigenvalue weighted by Crippen LogP contribution is 2.29. The number of aliphatic hydroxyl groups excluding tert-OH is 1. The second-order valence-corrected chi connectivity index (χ2v) is 6.00. The first-order chi connectivity index (χ1) is 11.3. The van der Waals surface area contributed by atoms with E-state index < -0.39 is 0 Å². The summed E-state index contributed by atoms with van der Waals surface area (Å²) in [6, 6.07) is 18.1. The van der Waals surface area contributed by atoms with Crippen LogP contribution >= 0.6 is 0 Å². The van der Waals surface area contributed by atoms with Gasteiger partial charge in [0.25, 0.3) is 0 Å². The van der Waals surface area contributed by atoms with E-state index in [2.05, 4.69) is 11.0 Å². The molecular formula is C20H23N3O. The summed E-state index contributed by atoms with van der Waals surface area (Å²) in [6.45, 7) is 1.56. The topological polar surface area (TPSA) is 49.2 Å². The van der Waals surface area contributed by atoms with Gasteiger partial charge in [0, 0.05) is 24.0 Å². The second kappa shape index (κ2) is 6.97. The number of nitrogens with zero attached hydrogens (tertiary/aromatic N) is 3. The maximum Gasteiger partial charge on any atom is 0.162 e. The summed E-state index contributed by atoms with van der Waals surface area (Å²) >= 11 is 0. The van der Waals surface area contributed by atoms with Gasteiger partial charge in [-0.3, -0.25) is 0 Å². The standard InChI is InChI=1S/C19H19N3O.CH4/c23-15-9-6-12-22(13-15)19-16-10-4-5-11-17(16)20-18(21-19)14-7-2-1-3-8-14;/h1-5,7-8,10-11,15,23H,6,9,12-13H2;1H4. The zero-order valence-corrected chi connectivity index (χ0v) is 12.9. The molecule has 0 aliphatic carbocycles. The van der Waals surface area contributed by atoms with Crippen LogP contribution in [0.4, 0.5) is 5.82 Å². The van der Waals surface area contributed by atoms with E-state index in [0.717, 1.165) is 47.5 Å². The molecule has 0 bridgehead atoms. The highest BCUT2D eigenvalue weighted by atomic mass is 16.3. The van der Waals surface area contributed by atoms with Gasteiger partial charge in [0.05, 0.1) is 11.6 Å². The Morgan fingerprint density at radius 3 is 2.50 bits per heavy atom. The number of hydrogen-bond donors (Lipinski definition) is 1. The van der Waals surface area contributed by atoms with Crippen LogP contribution in [0.5, 0.6) is 0 Å². The molecule has 0 spiro atoms. The Morgan fingerprint density at radius 1 is 0.958 bits per heavy atom. The number of fused-ring (bicyclic) bond motifs is 1. The molecule has 4 nitrogen and oxygen atoms in total. The molecule has 4 rings (SSSR count). The molecule has 1 fully saturated rings. The summed E-state index contributed by atoms with van der Waals surface area (Å²) < 4.78 is 0. The van der Waals surface area contributed by atoms with Gasteiger partial charge in [-0.15, -0.1) is 0 Å². The molecule has 1 aromatic heterocycles. The number of para-hydroxylation sites is 1. The van der Waals surface area contributed by atoms with Crippen molar-refractivity contribution in [3.63, 3.8) is 0 Å². The first-order valence-electron chi connectivity index (χ1n) is 8.06. The van der Waals surface area contributed by atoms with E-state index in [1.165, 1.54) is 0 Å². The van der Waals surface area contributed by atoms with Crippen LogP contribution in [0, 0.1) is 0 Å². The smallest absolute Gasteiger partial charge is 0.162 e. The molecule has 0 amide bonds. The van der Waals surface area contributed by atoms with Crippen molar-refractivity contribution in [2.45, 2.75) is 26.4 Å². The third-order valence-corrected chi connectivity index (χ3v) is 4.31. The highest BCUT2D eigenvalue weighted by Gasteiger charge is 2.21. The first-order valence-corrected chi connectivity index (χ1v) is 8.06. The van der Waals surface area contributed by atoms with Crippen LogP contribution < -0.4 is 4.90 Å². The number of piperidine rings is 1. The molecule has 2 aromatic carbocycles. The Bertz CT molecular complexity index is 819. The van der Waals surface area contributed by atoms with Gasteiger partial charge in [-0.2, -0.15) is 0 Å². The summed E-state index contributed by atoms with van der Waals surface area (Å²) in [5.74, 6) is 1.66. The number of aliphatic hydroxyl groups is 1. The third-order valence-electron chi connectivity index (χ3n) is 4.31. The number of rotatable bonds is 2. The summed E-state index contributed by atoms with van der Waals surface area (Å²) in [7, 11) is 0. The van der Waals surface area contributed by atoms with Crippen LogP contribution in [0.15, 0.2) is 54.6 Å². The van der Waals surface area contributed by atoms with Crippen molar-refractivity contribution in [2.24, 2.45) is 0 Å². The van der Waals surface area contributed by atoms with Crippen molar-refractivity contribution in [3.8, 4) is 11.4 Å². The van der Waals surface area contributed by atoms with E-state index in [1.807, 2.05) is 48.5 Å². The van der Waals surface area contributed by atoms with Gasteiger partial charge < -0.3 is 10.0 Å². The molecule has 1 unspecified atom stereocenters.